The average molecular weight is 487 g/mol. The van der Waals surface area contributed by atoms with Crippen LogP contribution >= 0.6 is 11.3 Å². The van der Waals surface area contributed by atoms with Gasteiger partial charge in [-0.3, -0.25) is 24.6 Å². The van der Waals surface area contributed by atoms with Crippen molar-refractivity contribution >= 4 is 44.1 Å². The fraction of sp³-hybridized carbons (Fsp3) is 0.0800. The molecule has 5 rings (SSSR count). The predicted octanol–water partition coefficient (Wildman–Crippen LogP) is 5.00. The van der Waals surface area contributed by atoms with Gasteiger partial charge in [0.25, 0.3) is 11.6 Å². The number of methoxy groups -OCH3 is 1. The third kappa shape index (κ3) is 3.79. The van der Waals surface area contributed by atoms with Crippen molar-refractivity contribution in [1.82, 2.24) is 4.98 Å². The molecule has 1 amide bonds. The smallest absolute Gasteiger partial charge is 0.296 e. The first kappa shape index (κ1) is 22.2. The first-order chi connectivity index (χ1) is 16.9. The summed E-state index contributed by atoms with van der Waals surface area (Å²) in [6, 6.07) is 18.0. The van der Waals surface area contributed by atoms with Crippen molar-refractivity contribution in [3.05, 3.63) is 105 Å². The van der Waals surface area contributed by atoms with E-state index in [0.29, 0.717) is 16.8 Å². The Morgan fingerprint density at radius 1 is 1.11 bits per heavy atom. The number of thiazole rings is 1. The van der Waals surface area contributed by atoms with Crippen molar-refractivity contribution in [2.24, 2.45) is 0 Å². The molecular weight excluding hydrogens is 470 g/mol. The number of nitro groups is 1. The highest BCUT2D eigenvalue weighted by Gasteiger charge is 2.46. The molecule has 1 unspecified atom stereocenters. The number of hydrogen-bond donors (Lipinski definition) is 1. The monoisotopic (exact) mass is 487 g/mol. The number of hydrogen-bond acceptors (Lipinski definition) is 8. The predicted molar refractivity (Wildman–Crippen MR) is 130 cm³/mol. The van der Waals surface area contributed by atoms with Crippen molar-refractivity contribution < 1.29 is 24.4 Å². The van der Waals surface area contributed by atoms with Crippen LogP contribution in [0.5, 0.6) is 5.75 Å². The third-order valence-electron chi connectivity index (χ3n) is 5.68. The summed E-state index contributed by atoms with van der Waals surface area (Å²) >= 11 is 1.18. The molecule has 4 aromatic rings. The van der Waals surface area contributed by atoms with Crippen molar-refractivity contribution in [2.45, 2.75) is 6.04 Å². The van der Waals surface area contributed by atoms with Crippen molar-refractivity contribution in [1.29, 1.82) is 0 Å². The van der Waals surface area contributed by atoms with E-state index in [0.717, 1.165) is 4.70 Å². The van der Waals surface area contributed by atoms with E-state index in [1.165, 1.54) is 41.5 Å². The highest BCUT2D eigenvalue weighted by atomic mass is 32.1. The quantitative estimate of drug-likeness (QED) is 0.231. The number of aromatic nitrogens is 1. The van der Waals surface area contributed by atoms with Gasteiger partial charge in [0.05, 0.1) is 33.9 Å². The molecule has 0 aliphatic carbocycles. The van der Waals surface area contributed by atoms with Gasteiger partial charge in [0, 0.05) is 17.7 Å². The number of non-ortho nitro benzene ring substituents is 1. The second-order valence-electron chi connectivity index (χ2n) is 7.72. The van der Waals surface area contributed by atoms with E-state index in [4.69, 9.17) is 4.74 Å². The molecule has 1 aliphatic rings. The molecule has 1 aliphatic heterocycles. The van der Waals surface area contributed by atoms with Gasteiger partial charge in [-0.15, -0.1) is 0 Å². The number of nitrogens with zero attached hydrogens (tertiary/aromatic N) is 3. The highest BCUT2D eigenvalue weighted by Crippen LogP contribution is 2.45. The number of Topliss-reactive ketones (excluding diaryl/α,β-unsaturated/α-hetero) is 1. The lowest BCUT2D eigenvalue weighted by Gasteiger charge is -2.24. The summed E-state index contributed by atoms with van der Waals surface area (Å²) in [5.74, 6) is -1.48. The number of fused-ring (bicyclic) bond motifs is 1. The summed E-state index contributed by atoms with van der Waals surface area (Å²) in [5.41, 5.74) is 0.792. The first-order valence-corrected chi connectivity index (χ1v) is 11.3. The van der Waals surface area contributed by atoms with Gasteiger partial charge < -0.3 is 9.84 Å². The number of amides is 1. The minimum absolute atomic E-state index is 0.168. The fourth-order valence-corrected chi connectivity index (χ4v) is 5.05. The molecule has 0 saturated carbocycles. The molecule has 0 bridgehead atoms. The summed E-state index contributed by atoms with van der Waals surface area (Å²) in [5, 5.41) is 22.5. The molecule has 3 aromatic carbocycles. The third-order valence-corrected chi connectivity index (χ3v) is 6.69. The zero-order valence-electron chi connectivity index (χ0n) is 18.2. The van der Waals surface area contributed by atoms with Gasteiger partial charge in [0.15, 0.2) is 16.7 Å². The molecule has 0 saturated heterocycles. The van der Waals surface area contributed by atoms with Gasteiger partial charge in [-0.25, -0.2) is 4.98 Å². The van der Waals surface area contributed by atoms with Gasteiger partial charge in [0.1, 0.15) is 5.75 Å². The molecule has 10 heteroatoms. The number of ether oxygens (including phenoxy) is 1. The summed E-state index contributed by atoms with van der Waals surface area (Å²) in [6.07, 6.45) is 0. The van der Waals surface area contributed by atoms with E-state index >= 15 is 0 Å². The summed E-state index contributed by atoms with van der Waals surface area (Å²) in [4.78, 5) is 43.4. The molecule has 1 atom stereocenters. The Morgan fingerprint density at radius 3 is 2.60 bits per heavy atom. The number of nitro benzene ring substituents is 1. The van der Waals surface area contributed by atoms with E-state index in [1.807, 2.05) is 0 Å². The van der Waals surface area contributed by atoms with Crippen molar-refractivity contribution in [3.8, 4) is 5.75 Å². The molecule has 1 N–H and O–H groups in total. The van der Waals surface area contributed by atoms with E-state index in [-0.39, 0.29) is 22.0 Å². The normalized spacial score (nSPS) is 15.6. The lowest BCUT2D eigenvalue weighted by molar-refractivity contribution is -0.384. The van der Waals surface area contributed by atoms with E-state index in [1.54, 1.807) is 54.6 Å². The number of anilines is 1. The minimum atomic E-state index is -1.11. The maximum Gasteiger partial charge on any atom is 0.296 e. The number of benzene rings is 3. The van der Waals surface area contributed by atoms with Crippen LogP contribution in [-0.2, 0) is 4.79 Å². The molecule has 35 heavy (non-hydrogen) atoms. The van der Waals surface area contributed by atoms with Crippen molar-refractivity contribution in [2.75, 3.05) is 12.0 Å². The summed E-state index contributed by atoms with van der Waals surface area (Å²) in [7, 11) is 1.54. The molecule has 0 radical (unpaired) electrons. The van der Waals surface area contributed by atoms with Gasteiger partial charge in [-0.1, -0.05) is 53.8 Å². The SMILES string of the molecule is COc1ccc2nc(N3C(=O)C(O)=C(C(=O)c4ccccc4)C3c3cccc([N+](=O)[O-])c3)sc2c1. The Kier molecular flexibility index (Phi) is 5.50. The zero-order chi connectivity index (χ0) is 24.7. The number of carbonyl (C=O) groups is 2. The van der Waals surface area contributed by atoms with Crippen LogP contribution in [0, 0.1) is 10.1 Å². The zero-order valence-corrected chi connectivity index (χ0v) is 19.1. The highest BCUT2D eigenvalue weighted by molar-refractivity contribution is 7.22. The molecule has 0 spiro atoms. The summed E-state index contributed by atoms with van der Waals surface area (Å²) in [6.45, 7) is 0. The van der Waals surface area contributed by atoms with Crippen LogP contribution in [0.3, 0.4) is 0 Å². The minimum Gasteiger partial charge on any atom is -0.503 e. The number of carbonyl (C=O) groups excluding carboxylic acids is 2. The standard InChI is InChI=1S/C25H17N3O6S/c1-34-17-10-11-18-19(13-17)35-25(26-18)27-21(15-8-5-9-16(12-15)28(32)33)20(23(30)24(27)31)22(29)14-6-3-2-4-7-14/h2-13,21,30H,1H3. The van der Waals surface area contributed by atoms with Crippen LogP contribution in [0.4, 0.5) is 10.8 Å². The van der Waals surface area contributed by atoms with E-state index < -0.39 is 28.4 Å². The topological polar surface area (TPSA) is 123 Å². The Labute approximate surface area is 202 Å². The van der Waals surface area contributed by atoms with Crippen LogP contribution < -0.4 is 9.64 Å². The number of ketones is 1. The van der Waals surface area contributed by atoms with Gasteiger partial charge in [0.2, 0.25) is 0 Å². The van der Waals surface area contributed by atoms with Gasteiger partial charge in [-0.05, 0) is 23.8 Å². The molecule has 9 nitrogen and oxygen atoms in total. The van der Waals surface area contributed by atoms with Crippen LogP contribution in [0.25, 0.3) is 10.2 Å². The maximum absolute atomic E-state index is 13.5. The second kappa shape index (κ2) is 8.65. The van der Waals surface area contributed by atoms with Gasteiger partial charge >= 0.3 is 0 Å². The molecule has 2 heterocycles. The Hall–Kier alpha value is -4.57. The van der Waals surface area contributed by atoms with E-state index in [2.05, 4.69) is 4.98 Å². The number of aliphatic hydroxyl groups is 1. The maximum atomic E-state index is 13.5. The Bertz CT molecular complexity index is 1530. The molecular formula is C25H17N3O6S. The largest absolute Gasteiger partial charge is 0.503 e. The van der Waals surface area contributed by atoms with E-state index in [9.17, 15) is 24.8 Å². The number of rotatable bonds is 6. The van der Waals surface area contributed by atoms with Crippen LogP contribution in [0.2, 0.25) is 0 Å². The van der Waals surface area contributed by atoms with Crippen molar-refractivity contribution in [3.63, 3.8) is 0 Å². The lowest BCUT2D eigenvalue weighted by Crippen LogP contribution is -2.31. The van der Waals surface area contributed by atoms with Crippen LogP contribution in [0.1, 0.15) is 22.0 Å². The van der Waals surface area contributed by atoms with Crippen LogP contribution in [-0.4, -0.2) is 33.8 Å². The Balaban J connectivity index is 1.69. The Morgan fingerprint density at radius 2 is 1.89 bits per heavy atom. The first-order valence-electron chi connectivity index (χ1n) is 10.4. The fourth-order valence-electron chi connectivity index (χ4n) is 4.03. The molecule has 174 valence electrons. The second-order valence-corrected chi connectivity index (χ2v) is 8.73. The average Bonchev–Trinajstić information content (AvgIpc) is 3.41. The molecule has 1 aromatic heterocycles. The van der Waals surface area contributed by atoms with Crippen LogP contribution in [0.15, 0.2) is 84.1 Å². The summed E-state index contributed by atoms with van der Waals surface area (Å²) < 4.78 is 5.99. The molecule has 0 fully saturated rings. The number of aliphatic hydroxyl groups excluding tert-OH is 1. The lowest BCUT2D eigenvalue weighted by atomic mass is 9.92. The van der Waals surface area contributed by atoms with Gasteiger partial charge in [-0.2, -0.15) is 0 Å².